The van der Waals surface area contributed by atoms with Crippen molar-refractivity contribution in [3.63, 3.8) is 0 Å². The molecular formula is C16H25NO4S. The van der Waals surface area contributed by atoms with E-state index >= 15 is 0 Å². The number of ether oxygens (including phenoxy) is 1. The van der Waals surface area contributed by atoms with Crippen molar-refractivity contribution < 1.29 is 17.9 Å². The zero-order chi connectivity index (χ0) is 16.6. The van der Waals surface area contributed by atoms with Gasteiger partial charge in [-0.25, -0.2) is 8.42 Å². The van der Waals surface area contributed by atoms with E-state index in [1.807, 2.05) is 24.3 Å². The third-order valence-corrected chi connectivity index (χ3v) is 4.84. The highest BCUT2D eigenvalue weighted by atomic mass is 32.2. The quantitative estimate of drug-likeness (QED) is 0.705. The largest absolute Gasteiger partial charge is 0.492 e. The minimum atomic E-state index is -3.29. The van der Waals surface area contributed by atoms with Gasteiger partial charge in [0.15, 0.2) is 9.84 Å². The standard InChI is InChI=1S/C16H25NO4S/c1-4-11-22(19,20)12-16(18)17-9-10-21-15-7-5-14(6-8-15)13(2)3/h5-8,13H,4,9-12H2,1-3H3,(H,17,18). The molecule has 0 spiro atoms. The van der Waals surface area contributed by atoms with Gasteiger partial charge in [0, 0.05) is 0 Å². The molecule has 5 nitrogen and oxygen atoms in total. The molecule has 0 fully saturated rings. The fourth-order valence-electron chi connectivity index (χ4n) is 1.94. The summed E-state index contributed by atoms with van der Waals surface area (Å²) < 4.78 is 28.5. The smallest absolute Gasteiger partial charge is 0.235 e. The molecule has 1 amide bonds. The number of amides is 1. The van der Waals surface area contributed by atoms with Crippen molar-refractivity contribution in [3.05, 3.63) is 29.8 Å². The number of rotatable bonds is 9. The Morgan fingerprint density at radius 1 is 1.23 bits per heavy atom. The Morgan fingerprint density at radius 2 is 1.86 bits per heavy atom. The van der Waals surface area contributed by atoms with Gasteiger partial charge in [-0.1, -0.05) is 32.9 Å². The van der Waals surface area contributed by atoms with Crippen molar-refractivity contribution in [2.75, 3.05) is 24.7 Å². The molecule has 0 radical (unpaired) electrons. The highest BCUT2D eigenvalue weighted by molar-refractivity contribution is 7.92. The number of carbonyl (C=O) groups excluding carboxylic acids is 1. The van der Waals surface area contributed by atoms with Gasteiger partial charge in [-0.05, 0) is 30.0 Å². The monoisotopic (exact) mass is 327 g/mol. The summed E-state index contributed by atoms with van der Waals surface area (Å²) in [6.45, 7) is 6.61. The van der Waals surface area contributed by atoms with Crippen molar-refractivity contribution in [2.45, 2.75) is 33.1 Å². The predicted octanol–water partition coefficient (Wildman–Crippen LogP) is 2.13. The zero-order valence-corrected chi connectivity index (χ0v) is 14.3. The van der Waals surface area contributed by atoms with E-state index in [-0.39, 0.29) is 12.3 Å². The summed E-state index contributed by atoms with van der Waals surface area (Å²) in [7, 11) is -3.29. The van der Waals surface area contributed by atoms with E-state index in [1.165, 1.54) is 5.56 Å². The van der Waals surface area contributed by atoms with E-state index in [9.17, 15) is 13.2 Å². The van der Waals surface area contributed by atoms with E-state index in [0.717, 1.165) is 5.75 Å². The Labute approximate surface area is 133 Å². The molecule has 0 unspecified atom stereocenters. The van der Waals surface area contributed by atoms with Crippen LogP contribution < -0.4 is 10.1 Å². The summed E-state index contributed by atoms with van der Waals surface area (Å²) in [5, 5.41) is 2.55. The van der Waals surface area contributed by atoms with Gasteiger partial charge in [-0.2, -0.15) is 0 Å². The lowest BCUT2D eigenvalue weighted by Crippen LogP contribution is -2.33. The molecule has 0 aliphatic heterocycles. The Balaban J connectivity index is 2.29. The normalized spacial score (nSPS) is 11.5. The second-order valence-corrected chi connectivity index (χ2v) is 7.70. The molecule has 1 aromatic carbocycles. The fraction of sp³-hybridized carbons (Fsp3) is 0.562. The highest BCUT2D eigenvalue weighted by Gasteiger charge is 2.14. The minimum Gasteiger partial charge on any atom is -0.492 e. The summed E-state index contributed by atoms with van der Waals surface area (Å²) in [4.78, 5) is 11.5. The molecule has 0 saturated carbocycles. The van der Waals surface area contributed by atoms with Crippen LogP contribution in [0.4, 0.5) is 0 Å². The van der Waals surface area contributed by atoms with Crippen molar-refractivity contribution in [3.8, 4) is 5.75 Å². The van der Waals surface area contributed by atoms with Gasteiger partial charge < -0.3 is 10.1 Å². The number of sulfone groups is 1. The molecule has 0 heterocycles. The van der Waals surface area contributed by atoms with Gasteiger partial charge in [-0.3, -0.25) is 4.79 Å². The van der Waals surface area contributed by atoms with E-state index in [4.69, 9.17) is 4.74 Å². The number of hydrogen-bond acceptors (Lipinski definition) is 4. The van der Waals surface area contributed by atoms with Gasteiger partial charge >= 0.3 is 0 Å². The lowest BCUT2D eigenvalue weighted by atomic mass is 10.0. The number of carbonyl (C=O) groups is 1. The van der Waals surface area contributed by atoms with Crippen LogP contribution in [0.5, 0.6) is 5.75 Å². The van der Waals surface area contributed by atoms with Crippen molar-refractivity contribution in [2.24, 2.45) is 0 Å². The van der Waals surface area contributed by atoms with Crippen LogP contribution in [0.25, 0.3) is 0 Å². The summed E-state index contributed by atoms with van der Waals surface area (Å²) in [6.07, 6.45) is 0.519. The van der Waals surface area contributed by atoms with Crippen LogP contribution in [-0.4, -0.2) is 39.0 Å². The number of nitrogens with one attached hydrogen (secondary N) is 1. The van der Waals surface area contributed by atoms with Crippen molar-refractivity contribution >= 4 is 15.7 Å². The molecule has 1 N–H and O–H groups in total. The summed E-state index contributed by atoms with van der Waals surface area (Å²) in [6, 6.07) is 7.80. The van der Waals surface area contributed by atoms with E-state index in [0.29, 0.717) is 18.9 Å². The van der Waals surface area contributed by atoms with Gasteiger partial charge in [0.2, 0.25) is 5.91 Å². The second kappa shape index (κ2) is 8.78. The fourth-order valence-corrected chi connectivity index (χ4v) is 3.21. The zero-order valence-electron chi connectivity index (χ0n) is 13.5. The van der Waals surface area contributed by atoms with E-state index < -0.39 is 21.5 Å². The van der Waals surface area contributed by atoms with Gasteiger partial charge in [-0.15, -0.1) is 0 Å². The molecule has 1 rings (SSSR count). The molecule has 0 bridgehead atoms. The predicted molar refractivity (Wildman–Crippen MR) is 88.0 cm³/mol. The number of benzene rings is 1. The topological polar surface area (TPSA) is 72.5 Å². The molecule has 6 heteroatoms. The first-order valence-electron chi connectivity index (χ1n) is 7.54. The second-order valence-electron chi connectivity index (χ2n) is 5.51. The van der Waals surface area contributed by atoms with Crippen molar-refractivity contribution in [1.82, 2.24) is 5.32 Å². The summed E-state index contributed by atoms with van der Waals surface area (Å²) in [5.74, 6) is 0.311. The first-order chi connectivity index (χ1) is 10.3. The molecule has 0 saturated heterocycles. The summed E-state index contributed by atoms with van der Waals surface area (Å²) >= 11 is 0. The molecule has 0 aliphatic rings. The van der Waals surface area contributed by atoms with Crippen LogP contribution in [0.1, 0.15) is 38.7 Å². The van der Waals surface area contributed by atoms with Crippen LogP contribution in [0.2, 0.25) is 0 Å². The molecule has 1 aromatic rings. The minimum absolute atomic E-state index is 0.0408. The average Bonchev–Trinajstić information content (AvgIpc) is 2.43. The van der Waals surface area contributed by atoms with Crippen molar-refractivity contribution in [1.29, 1.82) is 0 Å². The third-order valence-electron chi connectivity index (χ3n) is 3.11. The van der Waals surface area contributed by atoms with Crippen LogP contribution >= 0.6 is 0 Å². The molecule has 0 aromatic heterocycles. The highest BCUT2D eigenvalue weighted by Crippen LogP contribution is 2.18. The maximum atomic E-state index is 11.5. The first-order valence-corrected chi connectivity index (χ1v) is 9.36. The average molecular weight is 327 g/mol. The Morgan fingerprint density at radius 3 is 2.41 bits per heavy atom. The Hall–Kier alpha value is -1.56. The van der Waals surface area contributed by atoms with Crippen LogP contribution in [0.15, 0.2) is 24.3 Å². The SMILES string of the molecule is CCCS(=O)(=O)CC(=O)NCCOc1ccc(C(C)C)cc1. The van der Waals surface area contributed by atoms with Gasteiger partial charge in [0.1, 0.15) is 18.1 Å². The molecule has 0 aliphatic carbocycles. The Bertz CT molecular complexity index is 564. The van der Waals surface area contributed by atoms with Gasteiger partial charge in [0.25, 0.3) is 0 Å². The van der Waals surface area contributed by atoms with Gasteiger partial charge in [0.05, 0.1) is 12.3 Å². The Kier molecular flexibility index (Phi) is 7.38. The molecule has 0 atom stereocenters. The lowest BCUT2D eigenvalue weighted by Gasteiger charge is -2.10. The van der Waals surface area contributed by atoms with E-state index in [2.05, 4.69) is 19.2 Å². The van der Waals surface area contributed by atoms with Crippen LogP contribution in [0, 0.1) is 0 Å². The molecule has 124 valence electrons. The molecular weight excluding hydrogens is 302 g/mol. The maximum absolute atomic E-state index is 11.5. The first kappa shape index (κ1) is 18.5. The van der Waals surface area contributed by atoms with Crippen LogP contribution in [-0.2, 0) is 14.6 Å². The maximum Gasteiger partial charge on any atom is 0.235 e. The molecule has 22 heavy (non-hydrogen) atoms. The summed E-state index contributed by atoms with van der Waals surface area (Å²) in [5.41, 5.74) is 1.24. The third kappa shape index (κ3) is 6.93. The number of hydrogen-bond donors (Lipinski definition) is 1. The lowest BCUT2D eigenvalue weighted by molar-refractivity contribution is -0.118. The van der Waals surface area contributed by atoms with E-state index in [1.54, 1.807) is 6.92 Å². The van der Waals surface area contributed by atoms with Crippen LogP contribution in [0.3, 0.4) is 0 Å².